The highest BCUT2D eigenvalue weighted by atomic mass is 32.2. The van der Waals surface area contributed by atoms with E-state index in [-0.39, 0.29) is 35.9 Å². The Labute approximate surface area is 125 Å². The number of rotatable bonds is 7. The molecule has 0 spiro atoms. The van der Waals surface area contributed by atoms with Crippen molar-refractivity contribution < 1.29 is 17.6 Å². The number of sulfone groups is 1. The first kappa shape index (κ1) is 17.6. The van der Waals surface area contributed by atoms with E-state index in [9.17, 15) is 17.6 Å². The van der Waals surface area contributed by atoms with Crippen molar-refractivity contribution in [2.24, 2.45) is 5.92 Å². The lowest BCUT2D eigenvalue weighted by Crippen LogP contribution is -2.40. The number of halogens is 1. The van der Waals surface area contributed by atoms with Crippen molar-refractivity contribution in [1.29, 1.82) is 0 Å². The minimum Gasteiger partial charge on any atom is -0.353 e. The highest BCUT2D eigenvalue weighted by Crippen LogP contribution is 2.11. The minimum absolute atomic E-state index is 0.0362. The Bertz CT molecular complexity index is 567. The third-order valence-electron chi connectivity index (χ3n) is 3.22. The Kier molecular flexibility index (Phi) is 6.33. The first-order valence-electron chi connectivity index (χ1n) is 6.89. The lowest BCUT2D eigenvalue weighted by Gasteiger charge is -2.22. The molecule has 1 aromatic carbocycles. The zero-order chi connectivity index (χ0) is 16.0. The van der Waals surface area contributed by atoms with Crippen molar-refractivity contribution in [3.8, 4) is 0 Å². The van der Waals surface area contributed by atoms with Crippen LogP contribution in [0.4, 0.5) is 4.39 Å². The molecule has 1 N–H and O–H groups in total. The molecule has 1 rings (SSSR count). The lowest BCUT2D eigenvalue weighted by atomic mass is 9.96. The van der Waals surface area contributed by atoms with E-state index in [1.165, 1.54) is 12.1 Å². The molecular weight excluding hydrogens is 293 g/mol. The van der Waals surface area contributed by atoms with E-state index in [0.717, 1.165) is 11.8 Å². The highest BCUT2D eigenvalue weighted by molar-refractivity contribution is 7.90. The van der Waals surface area contributed by atoms with Gasteiger partial charge < -0.3 is 5.32 Å². The average molecular weight is 315 g/mol. The monoisotopic (exact) mass is 315 g/mol. The maximum Gasteiger partial charge on any atom is 0.221 e. The summed E-state index contributed by atoms with van der Waals surface area (Å²) < 4.78 is 35.0. The average Bonchev–Trinajstić information content (AvgIpc) is 2.37. The van der Waals surface area contributed by atoms with Gasteiger partial charge in [-0.15, -0.1) is 0 Å². The van der Waals surface area contributed by atoms with E-state index in [0.29, 0.717) is 6.42 Å². The standard InChI is InChI=1S/C15H22FNO3S/c1-11(2)14(10-12-4-6-13(16)7-5-12)17-15(18)8-9-21(3,19)20/h4-7,11,14H,8-10H2,1-3H3,(H,17,18)/t14-/m1/s1. The molecule has 1 atom stereocenters. The third-order valence-corrected chi connectivity index (χ3v) is 4.17. The lowest BCUT2D eigenvalue weighted by molar-refractivity contribution is -0.121. The number of nitrogens with one attached hydrogen (secondary N) is 1. The highest BCUT2D eigenvalue weighted by Gasteiger charge is 2.17. The fourth-order valence-corrected chi connectivity index (χ4v) is 2.44. The van der Waals surface area contributed by atoms with Gasteiger partial charge in [0.05, 0.1) is 5.75 Å². The number of amides is 1. The van der Waals surface area contributed by atoms with Crippen LogP contribution >= 0.6 is 0 Å². The molecule has 0 radical (unpaired) electrons. The fraction of sp³-hybridized carbons (Fsp3) is 0.533. The molecule has 21 heavy (non-hydrogen) atoms. The summed E-state index contributed by atoms with van der Waals surface area (Å²) in [4.78, 5) is 11.8. The summed E-state index contributed by atoms with van der Waals surface area (Å²) in [6, 6.07) is 6.04. The molecule has 0 saturated heterocycles. The molecule has 0 aromatic heterocycles. The van der Waals surface area contributed by atoms with Crippen LogP contribution in [0.5, 0.6) is 0 Å². The van der Waals surface area contributed by atoms with E-state index < -0.39 is 9.84 Å². The largest absolute Gasteiger partial charge is 0.353 e. The Balaban J connectivity index is 2.61. The van der Waals surface area contributed by atoms with E-state index in [4.69, 9.17) is 0 Å². The number of carbonyl (C=O) groups is 1. The van der Waals surface area contributed by atoms with Gasteiger partial charge in [0.15, 0.2) is 0 Å². The summed E-state index contributed by atoms with van der Waals surface area (Å²) in [5.41, 5.74) is 0.929. The number of hydrogen-bond acceptors (Lipinski definition) is 3. The number of hydrogen-bond donors (Lipinski definition) is 1. The van der Waals surface area contributed by atoms with Crippen molar-refractivity contribution >= 4 is 15.7 Å². The summed E-state index contributed by atoms with van der Waals surface area (Å²) in [5.74, 6) is -0.532. The maximum absolute atomic E-state index is 12.9. The van der Waals surface area contributed by atoms with Crippen LogP contribution in [0.3, 0.4) is 0 Å². The van der Waals surface area contributed by atoms with Crippen molar-refractivity contribution in [2.45, 2.75) is 32.7 Å². The van der Waals surface area contributed by atoms with E-state index in [1.54, 1.807) is 12.1 Å². The van der Waals surface area contributed by atoms with E-state index in [2.05, 4.69) is 5.32 Å². The van der Waals surface area contributed by atoms with Gasteiger partial charge in [0.25, 0.3) is 0 Å². The molecule has 0 aliphatic heterocycles. The molecule has 0 fully saturated rings. The molecule has 0 saturated carbocycles. The smallest absolute Gasteiger partial charge is 0.221 e. The summed E-state index contributed by atoms with van der Waals surface area (Å²) in [7, 11) is -3.14. The summed E-state index contributed by atoms with van der Waals surface area (Å²) in [6.07, 6.45) is 1.66. The van der Waals surface area contributed by atoms with Gasteiger partial charge in [-0.2, -0.15) is 0 Å². The first-order chi connectivity index (χ1) is 9.67. The third kappa shape index (κ3) is 7.22. The van der Waals surface area contributed by atoms with Gasteiger partial charge in [-0.3, -0.25) is 4.79 Å². The van der Waals surface area contributed by atoms with Crippen LogP contribution in [-0.4, -0.2) is 32.4 Å². The second-order valence-corrected chi connectivity index (χ2v) is 7.89. The van der Waals surface area contributed by atoms with Gasteiger partial charge in [0.1, 0.15) is 15.7 Å². The Morgan fingerprint density at radius 3 is 2.29 bits per heavy atom. The van der Waals surface area contributed by atoms with Crippen LogP contribution in [0.15, 0.2) is 24.3 Å². The van der Waals surface area contributed by atoms with Crippen molar-refractivity contribution in [3.63, 3.8) is 0 Å². The normalized spacial score (nSPS) is 13.2. The molecule has 0 aliphatic rings. The zero-order valence-electron chi connectivity index (χ0n) is 12.6. The van der Waals surface area contributed by atoms with Crippen molar-refractivity contribution in [1.82, 2.24) is 5.32 Å². The van der Waals surface area contributed by atoms with Crippen LogP contribution in [0.2, 0.25) is 0 Å². The van der Waals surface area contributed by atoms with Gasteiger partial charge in [0.2, 0.25) is 5.91 Å². The van der Waals surface area contributed by atoms with Crippen LogP contribution in [0, 0.1) is 11.7 Å². The Hall–Kier alpha value is -1.43. The van der Waals surface area contributed by atoms with Gasteiger partial charge >= 0.3 is 0 Å². The summed E-state index contributed by atoms with van der Waals surface area (Å²) in [6.45, 7) is 3.95. The second kappa shape index (κ2) is 7.54. The second-order valence-electron chi connectivity index (χ2n) is 5.63. The van der Waals surface area contributed by atoms with Crippen LogP contribution in [0.1, 0.15) is 25.8 Å². The molecule has 0 heterocycles. The molecule has 0 unspecified atom stereocenters. The topological polar surface area (TPSA) is 63.2 Å². The number of benzene rings is 1. The maximum atomic E-state index is 12.9. The van der Waals surface area contributed by atoms with Gasteiger partial charge in [-0.25, -0.2) is 12.8 Å². The molecule has 0 bridgehead atoms. The number of carbonyl (C=O) groups excluding carboxylic acids is 1. The fourth-order valence-electron chi connectivity index (χ4n) is 1.88. The predicted molar refractivity (Wildman–Crippen MR) is 81.2 cm³/mol. The molecule has 1 aromatic rings. The predicted octanol–water partition coefficient (Wildman–Crippen LogP) is 1.94. The quantitative estimate of drug-likeness (QED) is 0.836. The van der Waals surface area contributed by atoms with Gasteiger partial charge in [-0.05, 0) is 30.0 Å². The SMILES string of the molecule is CC(C)[C@@H](Cc1ccc(F)cc1)NC(=O)CCS(C)(=O)=O. The summed E-state index contributed by atoms with van der Waals surface area (Å²) >= 11 is 0. The molecule has 4 nitrogen and oxygen atoms in total. The van der Waals surface area contributed by atoms with E-state index in [1.807, 2.05) is 13.8 Å². The molecule has 0 aliphatic carbocycles. The van der Waals surface area contributed by atoms with Crippen LogP contribution < -0.4 is 5.32 Å². The minimum atomic E-state index is -3.14. The van der Waals surface area contributed by atoms with Gasteiger partial charge in [-0.1, -0.05) is 26.0 Å². The molecule has 6 heteroatoms. The first-order valence-corrected chi connectivity index (χ1v) is 8.95. The van der Waals surface area contributed by atoms with Crippen molar-refractivity contribution in [3.05, 3.63) is 35.6 Å². The molecular formula is C15H22FNO3S. The Morgan fingerprint density at radius 2 is 1.81 bits per heavy atom. The van der Waals surface area contributed by atoms with Crippen LogP contribution in [-0.2, 0) is 21.1 Å². The van der Waals surface area contributed by atoms with Crippen LogP contribution in [0.25, 0.3) is 0 Å². The van der Waals surface area contributed by atoms with Gasteiger partial charge in [0, 0.05) is 18.7 Å². The zero-order valence-corrected chi connectivity index (χ0v) is 13.4. The van der Waals surface area contributed by atoms with Crippen molar-refractivity contribution in [2.75, 3.05) is 12.0 Å². The molecule has 118 valence electrons. The van der Waals surface area contributed by atoms with E-state index >= 15 is 0 Å². The summed E-state index contributed by atoms with van der Waals surface area (Å²) in [5, 5.41) is 2.86. The molecule has 1 amide bonds. The Morgan fingerprint density at radius 1 is 1.24 bits per heavy atom.